The van der Waals surface area contributed by atoms with Crippen molar-refractivity contribution in [3.63, 3.8) is 0 Å². The molecular formula is C13H19N3O2S. The number of rotatable bonds is 5. The maximum Gasteiger partial charge on any atom is 0.240 e. The standard InChI is InChI=1S/C13H19N3O2S/c14-12-7-11(5-6-13(12)19(15,17)18)16(10-3-4-10)8-9-1-2-9/h5-7,9-10H,1-4,8,14H2,(H2,15,17,18). The maximum atomic E-state index is 11.4. The topological polar surface area (TPSA) is 89.4 Å². The quantitative estimate of drug-likeness (QED) is 0.796. The van der Waals surface area contributed by atoms with Crippen molar-refractivity contribution in [3.8, 4) is 0 Å². The first-order valence-electron chi connectivity index (χ1n) is 6.64. The molecule has 4 N–H and O–H groups in total. The van der Waals surface area contributed by atoms with Gasteiger partial charge < -0.3 is 10.6 Å². The Hall–Kier alpha value is -1.27. The molecule has 2 aliphatic carbocycles. The van der Waals surface area contributed by atoms with Gasteiger partial charge in [0.25, 0.3) is 0 Å². The number of anilines is 2. The fraction of sp³-hybridized carbons (Fsp3) is 0.538. The van der Waals surface area contributed by atoms with Crippen molar-refractivity contribution in [2.75, 3.05) is 17.2 Å². The van der Waals surface area contributed by atoms with Crippen LogP contribution < -0.4 is 15.8 Å². The lowest BCUT2D eigenvalue weighted by Crippen LogP contribution is -2.28. The van der Waals surface area contributed by atoms with Crippen LogP contribution in [0.3, 0.4) is 0 Å². The second kappa shape index (κ2) is 4.38. The van der Waals surface area contributed by atoms with E-state index in [1.807, 2.05) is 6.07 Å². The van der Waals surface area contributed by atoms with Gasteiger partial charge in [0.1, 0.15) is 4.90 Å². The zero-order valence-corrected chi connectivity index (χ0v) is 11.6. The molecule has 0 unspecified atom stereocenters. The van der Waals surface area contributed by atoms with Crippen LogP contribution in [0.25, 0.3) is 0 Å². The molecule has 2 fully saturated rings. The van der Waals surface area contributed by atoms with Crippen molar-refractivity contribution in [2.45, 2.75) is 36.6 Å². The van der Waals surface area contributed by atoms with Gasteiger partial charge in [0.15, 0.2) is 0 Å². The fourth-order valence-electron chi connectivity index (χ4n) is 2.40. The van der Waals surface area contributed by atoms with Crippen LogP contribution in [0, 0.1) is 5.92 Å². The van der Waals surface area contributed by atoms with Crippen molar-refractivity contribution in [3.05, 3.63) is 18.2 Å². The summed E-state index contributed by atoms with van der Waals surface area (Å²) in [6.45, 7) is 1.05. The summed E-state index contributed by atoms with van der Waals surface area (Å²) in [4.78, 5) is 2.37. The molecule has 0 heterocycles. The predicted octanol–water partition coefficient (Wildman–Crippen LogP) is 1.30. The zero-order chi connectivity index (χ0) is 13.6. The molecule has 19 heavy (non-hydrogen) atoms. The van der Waals surface area contributed by atoms with Gasteiger partial charge in [0.2, 0.25) is 10.0 Å². The van der Waals surface area contributed by atoms with Crippen LogP contribution in [0.15, 0.2) is 23.1 Å². The normalized spacial score (nSPS) is 19.4. The van der Waals surface area contributed by atoms with Crippen LogP contribution in [0.4, 0.5) is 11.4 Å². The largest absolute Gasteiger partial charge is 0.398 e. The van der Waals surface area contributed by atoms with Crippen LogP contribution in [-0.4, -0.2) is 21.0 Å². The molecule has 1 aromatic rings. The third-order valence-electron chi connectivity index (χ3n) is 3.77. The second-order valence-electron chi connectivity index (χ2n) is 5.59. The summed E-state index contributed by atoms with van der Waals surface area (Å²) in [5.41, 5.74) is 7.08. The summed E-state index contributed by atoms with van der Waals surface area (Å²) >= 11 is 0. The molecule has 0 amide bonds. The van der Waals surface area contributed by atoms with E-state index in [0.717, 1.165) is 18.2 Å². The zero-order valence-electron chi connectivity index (χ0n) is 10.7. The minimum Gasteiger partial charge on any atom is -0.398 e. The molecule has 0 saturated heterocycles. The highest BCUT2D eigenvalue weighted by Gasteiger charge is 2.34. The molecule has 0 spiro atoms. The van der Waals surface area contributed by atoms with E-state index in [0.29, 0.717) is 6.04 Å². The van der Waals surface area contributed by atoms with Crippen LogP contribution in [0.1, 0.15) is 25.7 Å². The van der Waals surface area contributed by atoms with Crippen molar-refractivity contribution in [1.29, 1.82) is 0 Å². The van der Waals surface area contributed by atoms with E-state index in [1.165, 1.54) is 31.7 Å². The number of benzene rings is 1. The summed E-state index contributed by atoms with van der Waals surface area (Å²) in [6, 6.07) is 5.67. The van der Waals surface area contributed by atoms with Gasteiger partial charge in [-0.3, -0.25) is 0 Å². The molecule has 0 aliphatic heterocycles. The molecule has 2 saturated carbocycles. The molecule has 0 bridgehead atoms. The Morgan fingerprint density at radius 1 is 1.21 bits per heavy atom. The SMILES string of the molecule is Nc1cc(N(CC2CC2)C2CC2)ccc1S(N)(=O)=O. The molecule has 0 aromatic heterocycles. The van der Waals surface area contributed by atoms with Gasteiger partial charge in [0.05, 0.1) is 5.69 Å². The van der Waals surface area contributed by atoms with Crippen molar-refractivity contribution in [2.24, 2.45) is 11.1 Å². The maximum absolute atomic E-state index is 11.4. The number of nitrogen functional groups attached to an aromatic ring is 1. The van der Waals surface area contributed by atoms with Gasteiger partial charge in [0, 0.05) is 18.3 Å². The molecule has 2 aliphatic rings. The van der Waals surface area contributed by atoms with E-state index in [-0.39, 0.29) is 10.6 Å². The van der Waals surface area contributed by atoms with E-state index in [4.69, 9.17) is 10.9 Å². The number of hydrogen-bond acceptors (Lipinski definition) is 4. The van der Waals surface area contributed by atoms with E-state index < -0.39 is 10.0 Å². The highest BCUT2D eigenvalue weighted by Crippen LogP contribution is 2.38. The minimum atomic E-state index is -3.73. The van der Waals surface area contributed by atoms with E-state index >= 15 is 0 Å². The molecule has 104 valence electrons. The first-order chi connectivity index (χ1) is 8.95. The monoisotopic (exact) mass is 281 g/mol. The number of sulfonamides is 1. The molecule has 3 rings (SSSR count). The Labute approximate surface area is 113 Å². The number of primary sulfonamides is 1. The summed E-state index contributed by atoms with van der Waals surface area (Å²) in [5.74, 6) is 0.791. The smallest absolute Gasteiger partial charge is 0.240 e. The van der Waals surface area contributed by atoms with Gasteiger partial charge >= 0.3 is 0 Å². The fourth-order valence-corrected chi connectivity index (χ4v) is 3.05. The van der Waals surface area contributed by atoms with Crippen molar-refractivity contribution >= 4 is 21.4 Å². The number of nitrogens with zero attached hydrogens (tertiary/aromatic N) is 1. The Morgan fingerprint density at radius 3 is 2.37 bits per heavy atom. The molecule has 0 atom stereocenters. The summed E-state index contributed by atoms with van der Waals surface area (Å²) < 4.78 is 22.7. The third kappa shape index (κ3) is 2.84. The first-order valence-corrected chi connectivity index (χ1v) is 8.19. The number of nitrogens with two attached hydrogens (primary N) is 2. The summed E-state index contributed by atoms with van der Waals surface area (Å²) in [5, 5.41) is 5.13. The van der Waals surface area contributed by atoms with E-state index in [9.17, 15) is 8.42 Å². The van der Waals surface area contributed by atoms with Gasteiger partial charge in [-0.05, 0) is 49.8 Å². The Morgan fingerprint density at radius 2 is 1.89 bits per heavy atom. The number of hydrogen-bond donors (Lipinski definition) is 2. The Bertz CT molecular complexity index is 592. The molecule has 6 heteroatoms. The lowest BCUT2D eigenvalue weighted by atomic mass is 10.2. The van der Waals surface area contributed by atoms with Gasteiger partial charge in [-0.15, -0.1) is 0 Å². The highest BCUT2D eigenvalue weighted by atomic mass is 32.2. The van der Waals surface area contributed by atoms with Gasteiger partial charge in [-0.25, -0.2) is 13.6 Å². The third-order valence-corrected chi connectivity index (χ3v) is 4.76. The van der Waals surface area contributed by atoms with E-state index in [2.05, 4.69) is 4.90 Å². The summed E-state index contributed by atoms with van der Waals surface area (Å²) in [7, 11) is -3.73. The Kier molecular flexibility index (Phi) is 2.94. The average Bonchev–Trinajstić information content (AvgIpc) is 3.17. The van der Waals surface area contributed by atoms with Gasteiger partial charge in [-0.1, -0.05) is 0 Å². The highest BCUT2D eigenvalue weighted by molar-refractivity contribution is 7.89. The summed E-state index contributed by atoms with van der Waals surface area (Å²) in [6.07, 6.45) is 5.02. The van der Waals surface area contributed by atoms with Gasteiger partial charge in [-0.2, -0.15) is 0 Å². The lowest BCUT2D eigenvalue weighted by molar-refractivity contribution is 0.598. The Balaban J connectivity index is 1.89. The molecular weight excluding hydrogens is 262 g/mol. The van der Waals surface area contributed by atoms with Crippen LogP contribution in [-0.2, 0) is 10.0 Å². The second-order valence-corrected chi connectivity index (χ2v) is 7.12. The molecule has 0 radical (unpaired) electrons. The lowest BCUT2D eigenvalue weighted by Gasteiger charge is -2.25. The first kappa shape index (κ1) is 12.7. The van der Waals surface area contributed by atoms with Crippen molar-refractivity contribution in [1.82, 2.24) is 0 Å². The molecule has 1 aromatic carbocycles. The minimum absolute atomic E-state index is 0.0124. The van der Waals surface area contributed by atoms with E-state index in [1.54, 1.807) is 6.07 Å². The van der Waals surface area contributed by atoms with Crippen LogP contribution in [0.2, 0.25) is 0 Å². The molecule has 5 nitrogen and oxygen atoms in total. The predicted molar refractivity (Wildman–Crippen MR) is 75.3 cm³/mol. The van der Waals surface area contributed by atoms with Crippen LogP contribution >= 0.6 is 0 Å². The van der Waals surface area contributed by atoms with Crippen molar-refractivity contribution < 1.29 is 8.42 Å². The average molecular weight is 281 g/mol. The van der Waals surface area contributed by atoms with Crippen LogP contribution in [0.5, 0.6) is 0 Å².